The first-order valence-corrected chi connectivity index (χ1v) is 9.97. The number of amides is 1. The minimum absolute atomic E-state index is 0. The largest absolute Gasteiger partial charge is 0.354 e. The van der Waals surface area contributed by atoms with Crippen molar-refractivity contribution in [2.24, 2.45) is 10.9 Å². The molecule has 1 saturated heterocycles. The van der Waals surface area contributed by atoms with Gasteiger partial charge in [-0.15, -0.1) is 24.0 Å². The Kier molecular flexibility index (Phi) is 8.86. The molecule has 2 N–H and O–H groups in total. The average Bonchev–Trinajstić information content (AvgIpc) is 3.06. The highest BCUT2D eigenvalue weighted by atomic mass is 127. The van der Waals surface area contributed by atoms with E-state index in [0.29, 0.717) is 12.5 Å². The highest BCUT2D eigenvalue weighted by Gasteiger charge is 2.20. The zero-order valence-corrected chi connectivity index (χ0v) is 18.9. The van der Waals surface area contributed by atoms with E-state index in [9.17, 15) is 4.79 Å². The van der Waals surface area contributed by atoms with Crippen molar-refractivity contribution in [3.8, 4) is 0 Å². The molecule has 0 aromatic heterocycles. The lowest BCUT2D eigenvalue weighted by Crippen LogP contribution is -2.44. The fraction of sp³-hybridized carbons (Fsp3) is 0.619. The molecule has 0 radical (unpaired) electrons. The Labute approximate surface area is 180 Å². The SMILES string of the molecule is CN=C(NCc1ccc(CN2CCCC2=O)cc1)NC1CCC(C)CC1.I. The molecule has 1 aliphatic carbocycles. The van der Waals surface area contributed by atoms with Crippen LogP contribution in [0.3, 0.4) is 0 Å². The lowest BCUT2D eigenvalue weighted by atomic mass is 9.87. The number of carbonyl (C=O) groups is 1. The molecule has 27 heavy (non-hydrogen) atoms. The number of aliphatic imine (C=N–C) groups is 1. The molecule has 0 spiro atoms. The summed E-state index contributed by atoms with van der Waals surface area (Å²) in [6, 6.07) is 9.07. The third kappa shape index (κ3) is 6.66. The van der Waals surface area contributed by atoms with Gasteiger partial charge < -0.3 is 15.5 Å². The second-order valence-electron chi connectivity index (χ2n) is 7.76. The Hall–Kier alpha value is -1.31. The van der Waals surface area contributed by atoms with Crippen LogP contribution in [-0.4, -0.2) is 36.4 Å². The Morgan fingerprint density at radius 3 is 2.41 bits per heavy atom. The third-order valence-electron chi connectivity index (χ3n) is 5.61. The Morgan fingerprint density at radius 2 is 1.81 bits per heavy atom. The van der Waals surface area contributed by atoms with Gasteiger partial charge in [0.25, 0.3) is 0 Å². The summed E-state index contributed by atoms with van der Waals surface area (Å²) < 4.78 is 0. The molecule has 3 rings (SSSR count). The maximum absolute atomic E-state index is 11.7. The van der Waals surface area contributed by atoms with Gasteiger partial charge in [-0.05, 0) is 49.1 Å². The molecule has 0 unspecified atom stereocenters. The van der Waals surface area contributed by atoms with Gasteiger partial charge >= 0.3 is 0 Å². The van der Waals surface area contributed by atoms with Crippen LogP contribution in [-0.2, 0) is 17.9 Å². The first-order chi connectivity index (χ1) is 12.6. The maximum atomic E-state index is 11.7. The van der Waals surface area contributed by atoms with E-state index in [0.717, 1.165) is 37.9 Å². The van der Waals surface area contributed by atoms with Gasteiger partial charge in [-0.25, -0.2) is 0 Å². The fourth-order valence-corrected chi connectivity index (χ4v) is 3.83. The first-order valence-electron chi connectivity index (χ1n) is 9.97. The van der Waals surface area contributed by atoms with Gasteiger partial charge in [0.1, 0.15) is 0 Å². The Morgan fingerprint density at radius 1 is 1.15 bits per heavy atom. The maximum Gasteiger partial charge on any atom is 0.222 e. The standard InChI is InChI=1S/C21H32N4O.HI/c1-16-5-11-19(12-6-16)24-21(22-2)23-14-17-7-9-18(10-8-17)15-25-13-3-4-20(25)26;/h7-10,16,19H,3-6,11-15H2,1-2H3,(H2,22,23,24);1H. The van der Waals surface area contributed by atoms with E-state index in [1.165, 1.54) is 36.8 Å². The van der Waals surface area contributed by atoms with Crippen molar-refractivity contribution in [1.82, 2.24) is 15.5 Å². The molecule has 1 heterocycles. The van der Waals surface area contributed by atoms with Gasteiger partial charge in [0.2, 0.25) is 5.91 Å². The van der Waals surface area contributed by atoms with E-state index in [1.54, 1.807) is 0 Å². The summed E-state index contributed by atoms with van der Waals surface area (Å²) >= 11 is 0. The molecule has 5 nitrogen and oxygen atoms in total. The number of nitrogens with zero attached hydrogens (tertiary/aromatic N) is 2. The van der Waals surface area contributed by atoms with Crippen molar-refractivity contribution in [2.75, 3.05) is 13.6 Å². The monoisotopic (exact) mass is 484 g/mol. The van der Waals surface area contributed by atoms with Crippen molar-refractivity contribution >= 4 is 35.8 Å². The summed E-state index contributed by atoms with van der Waals surface area (Å²) in [5, 5.41) is 6.97. The second-order valence-corrected chi connectivity index (χ2v) is 7.76. The highest BCUT2D eigenvalue weighted by Crippen LogP contribution is 2.23. The van der Waals surface area contributed by atoms with E-state index >= 15 is 0 Å². The predicted molar refractivity (Wildman–Crippen MR) is 121 cm³/mol. The number of hydrogen-bond acceptors (Lipinski definition) is 2. The lowest BCUT2D eigenvalue weighted by molar-refractivity contribution is -0.128. The quantitative estimate of drug-likeness (QED) is 0.381. The molecular formula is C21H33IN4O. The van der Waals surface area contributed by atoms with Crippen LogP contribution in [0, 0.1) is 5.92 Å². The van der Waals surface area contributed by atoms with Gasteiger partial charge in [0, 0.05) is 39.1 Å². The second kappa shape index (κ2) is 10.9. The van der Waals surface area contributed by atoms with Gasteiger partial charge in [-0.1, -0.05) is 31.2 Å². The summed E-state index contributed by atoms with van der Waals surface area (Å²) in [4.78, 5) is 18.0. The van der Waals surface area contributed by atoms with Gasteiger partial charge in [-0.3, -0.25) is 9.79 Å². The number of likely N-dealkylation sites (tertiary alicyclic amines) is 1. The number of carbonyl (C=O) groups excluding carboxylic acids is 1. The minimum atomic E-state index is 0. The topological polar surface area (TPSA) is 56.7 Å². The summed E-state index contributed by atoms with van der Waals surface area (Å²) in [7, 11) is 1.83. The van der Waals surface area contributed by atoms with E-state index in [2.05, 4.69) is 46.8 Å². The van der Waals surface area contributed by atoms with Crippen molar-refractivity contribution in [3.63, 3.8) is 0 Å². The molecule has 1 aromatic rings. The van der Waals surface area contributed by atoms with Crippen LogP contribution < -0.4 is 10.6 Å². The number of halogens is 1. The number of hydrogen-bond donors (Lipinski definition) is 2. The third-order valence-corrected chi connectivity index (χ3v) is 5.61. The number of benzene rings is 1. The van der Waals surface area contributed by atoms with Crippen molar-refractivity contribution in [3.05, 3.63) is 35.4 Å². The first kappa shape index (κ1) is 22.0. The summed E-state index contributed by atoms with van der Waals surface area (Å²) in [5.41, 5.74) is 2.42. The molecule has 2 aliphatic rings. The van der Waals surface area contributed by atoms with Crippen LogP contribution in [0.5, 0.6) is 0 Å². The molecule has 1 amide bonds. The number of guanidine groups is 1. The molecule has 0 atom stereocenters. The van der Waals surface area contributed by atoms with Gasteiger partial charge in [0.05, 0.1) is 0 Å². The van der Waals surface area contributed by atoms with E-state index in [4.69, 9.17) is 0 Å². The van der Waals surface area contributed by atoms with Crippen LogP contribution in [0.15, 0.2) is 29.3 Å². The molecule has 1 aromatic carbocycles. The number of rotatable bonds is 5. The number of nitrogens with one attached hydrogen (secondary N) is 2. The van der Waals surface area contributed by atoms with Gasteiger partial charge in [-0.2, -0.15) is 0 Å². The Balaban J connectivity index is 0.00000261. The van der Waals surface area contributed by atoms with Crippen molar-refractivity contribution in [2.45, 2.75) is 64.6 Å². The molecule has 0 bridgehead atoms. The fourth-order valence-electron chi connectivity index (χ4n) is 3.83. The normalized spacial score (nSPS) is 23.1. The zero-order chi connectivity index (χ0) is 18.4. The summed E-state index contributed by atoms with van der Waals surface area (Å²) in [6.07, 6.45) is 6.75. The highest BCUT2D eigenvalue weighted by molar-refractivity contribution is 14.0. The van der Waals surface area contributed by atoms with Crippen molar-refractivity contribution < 1.29 is 4.79 Å². The smallest absolute Gasteiger partial charge is 0.222 e. The lowest BCUT2D eigenvalue weighted by Gasteiger charge is -2.28. The van der Waals surface area contributed by atoms with E-state index in [1.807, 2.05) is 11.9 Å². The average molecular weight is 484 g/mol. The molecular weight excluding hydrogens is 451 g/mol. The molecule has 2 fully saturated rings. The molecule has 1 saturated carbocycles. The molecule has 150 valence electrons. The van der Waals surface area contributed by atoms with Crippen LogP contribution in [0.2, 0.25) is 0 Å². The minimum Gasteiger partial charge on any atom is -0.354 e. The summed E-state index contributed by atoms with van der Waals surface area (Å²) in [6.45, 7) is 4.72. The molecule has 1 aliphatic heterocycles. The Bertz CT molecular complexity index is 624. The summed E-state index contributed by atoms with van der Waals surface area (Å²) in [5.74, 6) is 2.02. The van der Waals surface area contributed by atoms with Crippen LogP contribution in [0.1, 0.15) is 56.6 Å². The molecule has 6 heteroatoms. The van der Waals surface area contributed by atoms with Crippen LogP contribution >= 0.6 is 24.0 Å². The van der Waals surface area contributed by atoms with E-state index < -0.39 is 0 Å². The van der Waals surface area contributed by atoms with E-state index in [-0.39, 0.29) is 29.9 Å². The van der Waals surface area contributed by atoms with Crippen molar-refractivity contribution in [1.29, 1.82) is 0 Å². The van der Waals surface area contributed by atoms with Crippen LogP contribution in [0.4, 0.5) is 0 Å². The van der Waals surface area contributed by atoms with Crippen LogP contribution in [0.25, 0.3) is 0 Å². The zero-order valence-electron chi connectivity index (χ0n) is 16.5. The predicted octanol–water partition coefficient (Wildman–Crippen LogP) is 3.67. The van der Waals surface area contributed by atoms with Gasteiger partial charge in [0.15, 0.2) is 5.96 Å².